The molecule has 6 heteroatoms. The second-order valence-electron chi connectivity index (χ2n) is 7.91. The lowest BCUT2D eigenvalue weighted by molar-refractivity contribution is -0.154. The lowest BCUT2D eigenvalue weighted by Crippen LogP contribution is -2.39. The number of hydrogen-bond donors (Lipinski definition) is 1. The first-order valence-electron chi connectivity index (χ1n) is 9.80. The van der Waals surface area contributed by atoms with Crippen molar-refractivity contribution in [2.75, 3.05) is 0 Å². The molecule has 1 aliphatic carbocycles. The normalized spacial score (nSPS) is 20.7. The SMILES string of the molecule is Cc1cc(-c2cccc(C(N)=O)c2)c(Cl)cc1C1C(=O)OC2(CCCCC2)C1=O. The molecule has 5 nitrogen and oxygen atoms in total. The third-order valence-electron chi connectivity index (χ3n) is 6.03. The molecule has 2 aliphatic rings. The molecule has 2 fully saturated rings. The Bertz CT molecular complexity index is 1020. The molecule has 2 N–H and O–H groups in total. The fourth-order valence-corrected chi connectivity index (χ4v) is 4.76. The van der Waals surface area contributed by atoms with Crippen molar-refractivity contribution in [1.82, 2.24) is 0 Å². The van der Waals surface area contributed by atoms with Gasteiger partial charge in [-0.25, -0.2) is 0 Å². The van der Waals surface area contributed by atoms with Gasteiger partial charge in [-0.3, -0.25) is 14.4 Å². The van der Waals surface area contributed by atoms with Crippen LogP contribution in [0.25, 0.3) is 11.1 Å². The Kier molecular flexibility index (Phi) is 4.95. The third-order valence-corrected chi connectivity index (χ3v) is 6.34. The van der Waals surface area contributed by atoms with Crippen LogP contribution in [0.1, 0.15) is 59.5 Å². The van der Waals surface area contributed by atoms with Crippen LogP contribution in [0.4, 0.5) is 0 Å². The summed E-state index contributed by atoms with van der Waals surface area (Å²) in [5.41, 5.74) is 7.60. The Labute approximate surface area is 174 Å². The summed E-state index contributed by atoms with van der Waals surface area (Å²) in [5.74, 6) is -2.09. The molecule has 2 aromatic carbocycles. The van der Waals surface area contributed by atoms with Crippen LogP contribution in [-0.2, 0) is 14.3 Å². The first kappa shape index (κ1) is 19.6. The van der Waals surface area contributed by atoms with E-state index in [0.717, 1.165) is 30.4 Å². The summed E-state index contributed by atoms with van der Waals surface area (Å²) in [6, 6.07) is 10.4. The van der Waals surface area contributed by atoms with E-state index in [4.69, 9.17) is 22.1 Å². The molecule has 1 saturated heterocycles. The van der Waals surface area contributed by atoms with Gasteiger partial charge in [0.1, 0.15) is 5.92 Å². The number of primary amides is 1. The number of Topliss-reactive ketones (excluding diaryl/α,β-unsaturated/α-hetero) is 1. The van der Waals surface area contributed by atoms with Crippen molar-refractivity contribution >= 4 is 29.3 Å². The van der Waals surface area contributed by atoms with E-state index >= 15 is 0 Å². The fraction of sp³-hybridized carbons (Fsp3) is 0.348. The van der Waals surface area contributed by atoms with Gasteiger partial charge >= 0.3 is 5.97 Å². The minimum atomic E-state index is -0.965. The van der Waals surface area contributed by atoms with Crippen LogP contribution >= 0.6 is 11.6 Å². The van der Waals surface area contributed by atoms with Crippen molar-refractivity contribution in [3.05, 3.63) is 58.1 Å². The number of aryl methyl sites for hydroxylation is 1. The Hall–Kier alpha value is -2.66. The van der Waals surface area contributed by atoms with E-state index in [-0.39, 0.29) is 5.78 Å². The molecule has 29 heavy (non-hydrogen) atoms. The Morgan fingerprint density at radius 2 is 1.86 bits per heavy atom. The minimum Gasteiger partial charge on any atom is -0.450 e. The molecule has 1 unspecified atom stereocenters. The molecule has 1 amide bonds. The largest absolute Gasteiger partial charge is 0.450 e. The number of rotatable bonds is 3. The highest BCUT2D eigenvalue weighted by Crippen LogP contribution is 2.45. The van der Waals surface area contributed by atoms with Gasteiger partial charge in [-0.15, -0.1) is 0 Å². The molecule has 0 bridgehead atoms. The zero-order chi connectivity index (χ0) is 20.8. The van der Waals surface area contributed by atoms with Crippen LogP contribution in [0, 0.1) is 6.92 Å². The molecule has 1 spiro atoms. The van der Waals surface area contributed by atoms with Gasteiger partial charge in [0.25, 0.3) is 0 Å². The van der Waals surface area contributed by atoms with Crippen LogP contribution in [0.5, 0.6) is 0 Å². The van der Waals surface area contributed by atoms with Crippen LogP contribution in [0.3, 0.4) is 0 Å². The van der Waals surface area contributed by atoms with E-state index in [1.165, 1.54) is 0 Å². The fourth-order valence-electron chi connectivity index (χ4n) is 4.48. The summed E-state index contributed by atoms with van der Waals surface area (Å²) in [7, 11) is 0. The molecule has 4 rings (SSSR count). The zero-order valence-corrected chi connectivity index (χ0v) is 16.9. The molecular formula is C23H22ClNO4. The molecule has 1 atom stereocenters. The number of amides is 1. The second-order valence-corrected chi connectivity index (χ2v) is 8.31. The van der Waals surface area contributed by atoms with Crippen molar-refractivity contribution in [3.8, 4) is 11.1 Å². The number of carbonyl (C=O) groups excluding carboxylic acids is 3. The topological polar surface area (TPSA) is 86.5 Å². The second kappa shape index (κ2) is 7.30. The maximum Gasteiger partial charge on any atom is 0.322 e. The van der Waals surface area contributed by atoms with Crippen molar-refractivity contribution in [2.45, 2.75) is 50.5 Å². The average molecular weight is 412 g/mol. The maximum atomic E-state index is 13.2. The third kappa shape index (κ3) is 3.33. The first-order valence-corrected chi connectivity index (χ1v) is 10.2. The predicted molar refractivity (Wildman–Crippen MR) is 110 cm³/mol. The van der Waals surface area contributed by atoms with Crippen molar-refractivity contribution in [2.24, 2.45) is 5.73 Å². The van der Waals surface area contributed by atoms with Gasteiger partial charge in [0.2, 0.25) is 5.91 Å². The van der Waals surface area contributed by atoms with Gasteiger partial charge in [-0.1, -0.05) is 30.2 Å². The van der Waals surface area contributed by atoms with Crippen LogP contribution in [0.2, 0.25) is 5.02 Å². The number of halogens is 1. The summed E-state index contributed by atoms with van der Waals surface area (Å²) in [6.45, 7) is 1.85. The van der Waals surface area contributed by atoms with Crippen molar-refractivity contribution < 1.29 is 19.1 Å². The Balaban J connectivity index is 1.73. The zero-order valence-electron chi connectivity index (χ0n) is 16.2. The number of carbonyl (C=O) groups is 3. The number of ether oxygens (including phenoxy) is 1. The van der Waals surface area contributed by atoms with Gasteiger partial charge in [0.05, 0.1) is 0 Å². The summed E-state index contributed by atoms with van der Waals surface area (Å²) in [6.07, 6.45) is 4.03. The van der Waals surface area contributed by atoms with Gasteiger partial charge in [0.15, 0.2) is 11.4 Å². The van der Waals surface area contributed by atoms with Crippen LogP contribution < -0.4 is 5.73 Å². The predicted octanol–water partition coefficient (Wildman–Crippen LogP) is 4.33. The molecule has 1 aliphatic heterocycles. The monoisotopic (exact) mass is 411 g/mol. The standard InChI is InChI=1S/C23H22ClNO4/c1-13-10-17(14-6-5-7-15(11-14)21(25)27)18(24)12-16(13)19-20(26)23(29-22(19)28)8-3-2-4-9-23/h5-7,10-12,19H,2-4,8-9H2,1H3,(H2,25,27). The van der Waals surface area contributed by atoms with E-state index in [2.05, 4.69) is 0 Å². The lowest BCUT2D eigenvalue weighted by atomic mass is 9.77. The van der Waals surface area contributed by atoms with Crippen molar-refractivity contribution in [1.29, 1.82) is 0 Å². The Morgan fingerprint density at radius 1 is 1.14 bits per heavy atom. The molecular weight excluding hydrogens is 390 g/mol. The number of ketones is 1. The van der Waals surface area contributed by atoms with Crippen molar-refractivity contribution in [3.63, 3.8) is 0 Å². The number of esters is 1. The molecule has 150 valence electrons. The van der Waals surface area contributed by atoms with Crippen LogP contribution in [0.15, 0.2) is 36.4 Å². The number of hydrogen-bond acceptors (Lipinski definition) is 4. The van der Waals surface area contributed by atoms with Gasteiger partial charge in [0, 0.05) is 16.1 Å². The van der Waals surface area contributed by atoms with E-state index in [1.54, 1.807) is 24.3 Å². The maximum absolute atomic E-state index is 13.2. The smallest absolute Gasteiger partial charge is 0.322 e. The minimum absolute atomic E-state index is 0.148. The lowest BCUT2D eigenvalue weighted by Gasteiger charge is -2.29. The quantitative estimate of drug-likeness (QED) is 0.601. The van der Waals surface area contributed by atoms with Gasteiger partial charge in [-0.2, -0.15) is 0 Å². The average Bonchev–Trinajstić information content (AvgIpc) is 2.93. The van der Waals surface area contributed by atoms with E-state index in [1.807, 2.05) is 19.1 Å². The van der Waals surface area contributed by atoms with E-state index in [0.29, 0.717) is 34.6 Å². The highest BCUT2D eigenvalue weighted by atomic mass is 35.5. The number of nitrogens with two attached hydrogens (primary N) is 1. The van der Waals surface area contributed by atoms with Crippen LogP contribution in [-0.4, -0.2) is 23.3 Å². The van der Waals surface area contributed by atoms with E-state index < -0.39 is 23.4 Å². The van der Waals surface area contributed by atoms with Gasteiger partial charge < -0.3 is 10.5 Å². The number of benzene rings is 2. The van der Waals surface area contributed by atoms with E-state index in [9.17, 15) is 14.4 Å². The molecule has 1 heterocycles. The van der Waals surface area contributed by atoms with Gasteiger partial charge in [-0.05, 0) is 73.6 Å². The summed E-state index contributed by atoms with van der Waals surface area (Å²) in [4.78, 5) is 37.3. The highest BCUT2D eigenvalue weighted by Gasteiger charge is 2.55. The highest BCUT2D eigenvalue weighted by molar-refractivity contribution is 6.33. The Morgan fingerprint density at radius 3 is 2.55 bits per heavy atom. The molecule has 2 aromatic rings. The molecule has 0 radical (unpaired) electrons. The molecule has 0 aromatic heterocycles. The summed E-state index contributed by atoms with van der Waals surface area (Å²) >= 11 is 6.54. The summed E-state index contributed by atoms with van der Waals surface area (Å²) in [5, 5.41) is 0.400. The molecule has 1 saturated carbocycles. The first-order chi connectivity index (χ1) is 13.8. The summed E-state index contributed by atoms with van der Waals surface area (Å²) < 4.78 is 5.64.